The first kappa shape index (κ1) is 16.1. The minimum absolute atomic E-state index is 0.107. The smallest absolute Gasteiger partial charge is 0.307 e. The first-order valence-corrected chi connectivity index (χ1v) is 8.04. The summed E-state index contributed by atoms with van der Waals surface area (Å²) in [7, 11) is 2.02. The summed E-state index contributed by atoms with van der Waals surface area (Å²) in [5, 5.41) is 2.57. The fraction of sp³-hybridized carbons (Fsp3) is 0.400. The van der Waals surface area contributed by atoms with Crippen LogP contribution in [0.1, 0.15) is 5.69 Å². The number of benzene rings is 1. The highest BCUT2D eigenvalue weighted by Crippen LogP contribution is 2.16. The van der Waals surface area contributed by atoms with Gasteiger partial charge in [0.25, 0.3) is 0 Å². The van der Waals surface area contributed by atoms with Gasteiger partial charge < -0.3 is 14.2 Å². The first-order valence-electron chi connectivity index (χ1n) is 6.78. The maximum absolute atomic E-state index is 11.6. The summed E-state index contributed by atoms with van der Waals surface area (Å²) in [5.74, 6) is 0.779. The van der Waals surface area contributed by atoms with Crippen LogP contribution in [-0.4, -0.2) is 36.2 Å². The second-order valence-electron chi connectivity index (χ2n) is 4.90. The third-order valence-corrected chi connectivity index (χ3v) is 4.34. The van der Waals surface area contributed by atoms with E-state index in [4.69, 9.17) is 16.3 Å². The SMILES string of the molecule is Cc1csc(=O)n1CCN(C)CCOc1cccc(Cl)c1. The number of likely N-dealkylation sites (N-methyl/N-ethyl adjacent to an activating group) is 1. The molecule has 1 heterocycles. The Morgan fingerprint density at radius 3 is 2.86 bits per heavy atom. The van der Waals surface area contributed by atoms with Gasteiger partial charge in [0.1, 0.15) is 12.4 Å². The molecule has 0 aliphatic carbocycles. The number of hydrogen-bond acceptors (Lipinski definition) is 4. The third kappa shape index (κ3) is 4.88. The average Bonchev–Trinajstić information content (AvgIpc) is 2.76. The Bertz CT molecular complexity index is 639. The maximum atomic E-state index is 11.6. The second-order valence-corrected chi connectivity index (χ2v) is 6.16. The zero-order valence-electron chi connectivity index (χ0n) is 12.2. The molecule has 0 aliphatic heterocycles. The molecule has 1 aromatic heterocycles. The lowest BCUT2D eigenvalue weighted by molar-refractivity contribution is 0.232. The molecule has 2 rings (SSSR count). The van der Waals surface area contributed by atoms with Crippen LogP contribution in [0.25, 0.3) is 0 Å². The average molecular weight is 327 g/mol. The van der Waals surface area contributed by atoms with Crippen molar-refractivity contribution in [3.8, 4) is 5.75 Å². The molecule has 0 spiro atoms. The summed E-state index contributed by atoms with van der Waals surface area (Å²) >= 11 is 7.15. The monoisotopic (exact) mass is 326 g/mol. The molecule has 0 saturated carbocycles. The van der Waals surface area contributed by atoms with Crippen LogP contribution in [0.3, 0.4) is 0 Å². The molecule has 0 amide bonds. The number of nitrogens with zero attached hydrogens (tertiary/aromatic N) is 2. The number of halogens is 1. The lowest BCUT2D eigenvalue weighted by Crippen LogP contribution is -2.30. The van der Waals surface area contributed by atoms with Gasteiger partial charge in [0.05, 0.1) is 0 Å². The van der Waals surface area contributed by atoms with Crippen LogP contribution in [0.5, 0.6) is 5.75 Å². The quantitative estimate of drug-likeness (QED) is 0.784. The van der Waals surface area contributed by atoms with Gasteiger partial charge in [0, 0.05) is 35.7 Å². The number of rotatable bonds is 7. The molecule has 0 bridgehead atoms. The molecule has 0 N–H and O–H groups in total. The molecule has 0 atom stereocenters. The fourth-order valence-electron chi connectivity index (χ4n) is 1.93. The maximum Gasteiger partial charge on any atom is 0.307 e. The standard InChI is InChI=1S/C15H19ClN2O2S/c1-12-11-21-15(19)18(12)7-6-17(2)8-9-20-14-5-3-4-13(16)10-14/h3-5,10-11H,6-9H2,1-2H3. The molecule has 114 valence electrons. The van der Waals surface area contributed by atoms with Crippen molar-refractivity contribution in [2.24, 2.45) is 0 Å². The predicted molar refractivity (Wildman–Crippen MR) is 87.8 cm³/mol. The van der Waals surface area contributed by atoms with Crippen molar-refractivity contribution in [2.75, 3.05) is 26.7 Å². The summed E-state index contributed by atoms with van der Waals surface area (Å²) in [5.41, 5.74) is 1.02. The molecule has 0 saturated heterocycles. The number of aromatic nitrogens is 1. The topological polar surface area (TPSA) is 34.5 Å². The molecule has 21 heavy (non-hydrogen) atoms. The molecule has 6 heteroatoms. The van der Waals surface area contributed by atoms with Crippen LogP contribution in [0.15, 0.2) is 34.4 Å². The summed E-state index contributed by atoms with van der Waals surface area (Å²) in [6, 6.07) is 7.38. The lowest BCUT2D eigenvalue weighted by atomic mass is 10.3. The van der Waals surface area contributed by atoms with Gasteiger partial charge >= 0.3 is 4.87 Å². The van der Waals surface area contributed by atoms with E-state index in [0.29, 0.717) is 18.2 Å². The number of hydrogen-bond donors (Lipinski definition) is 0. The zero-order chi connectivity index (χ0) is 15.2. The lowest BCUT2D eigenvalue weighted by Gasteiger charge is -2.17. The van der Waals surface area contributed by atoms with Crippen LogP contribution < -0.4 is 9.61 Å². The van der Waals surface area contributed by atoms with Gasteiger partial charge in [-0.05, 0) is 32.2 Å². The summed E-state index contributed by atoms with van der Waals surface area (Å²) < 4.78 is 7.45. The van der Waals surface area contributed by atoms with Crippen molar-refractivity contribution in [2.45, 2.75) is 13.5 Å². The fourth-order valence-corrected chi connectivity index (χ4v) is 2.87. The Labute approximate surface area is 133 Å². The molecule has 0 fully saturated rings. The molecule has 0 unspecified atom stereocenters. The number of ether oxygens (including phenoxy) is 1. The van der Waals surface area contributed by atoms with E-state index in [1.54, 1.807) is 10.6 Å². The number of thiazole rings is 1. The van der Waals surface area contributed by atoms with Crippen LogP contribution in [0.2, 0.25) is 5.02 Å². The van der Waals surface area contributed by atoms with Gasteiger partial charge in [-0.1, -0.05) is 29.0 Å². The van der Waals surface area contributed by atoms with E-state index >= 15 is 0 Å². The second kappa shape index (κ2) is 7.64. The minimum atomic E-state index is 0.107. The van der Waals surface area contributed by atoms with Gasteiger partial charge in [-0.2, -0.15) is 0 Å². The van der Waals surface area contributed by atoms with Crippen molar-refractivity contribution in [3.63, 3.8) is 0 Å². The number of aryl methyl sites for hydroxylation is 1. The highest BCUT2D eigenvalue weighted by Gasteiger charge is 2.05. The van der Waals surface area contributed by atoms with E-state index in [1.165, 1.54) is 11.3 Å². The van der Waals surface area contributed by atoms with E-state index in [1.807, 2.05) is 37.6 Å². The Balaban J connectivity index is 1.73. The van der Waals surface area contributed by atoms with Crippen LogP contribution >= 0.6 is 22.9 Å². The molecule has 0 radical (unpaired) electrons. The summed E-state index contributed by atoms with van der Waals surface area (Å²) in [6.07, 6.45) is 0. The minimum Gasteiger partial charge on any atom is -0.492 e. The zero-order valence-corrected chi connectivity index (χ0v) is 13.8. The van der Waals surface area contributed by atoms with Crippen molar-refractivity contribution in [1.29, 1.82) is 0 Å². The summed E-state index contributed by atoms with van der Waals surface area (Å²) in [4.78, 5) is 13.9. The van der Waals surface area contributed by atoms with Crippen molar-refractivity contribution < 1.29 is 4.74 Å². The largest absolute Gasteiger partial charge is 0.492 e. The molecular weight excluding hydrogens is 308 g/mol. The Morgan fingerprint density at radius 1 is 1.38 bits per heavy atom. The van der Waals surface area contributed by atoms with E-state index in [9.17, 15) is 4.79 Å². The summed E-state index contributed by atoms with van der Waals surface area (Å²) in [6.45, 7) is 4.87. The molecule has 0 aliphatic rings. The first-order chi connectivity index (χ1) is 10.1. The molecular formula is C15H19ClN2O2S. The van der Waals surface area contributed by atoms with Gasteiger partial charge in [0.2, 0.25) is 0 Å². The predicted octanol–water partition coefficient (Wildman–Crippen LogP) is 2.88. The van der Waals surface area contributed by atoms with Gasteiger partial charge in [-0.3, -0.25) is 4.79 Å². The van der Waals surface area contributed by atoms with Gasteiger partial charge in [-0.25, -0.2) is 0 Å². The van der Waals surface area contributed by atoms with E-state index < -0.39 is 0 Å². The van der Waals surface area contributed by atoms with Crippen LogP contribution in [0.4, 0.5) is 0 Å². The van der Waals surface area contributed by atoms with E-state index in [0.717, 1.165) is 24.5 Å². The normalized spacial score (nSPS) is 11.0. The molecule has 1 aromatic carbocycles. The van der Waals surface area contributed by atoms with Gasteiger partial charge in [-0.15, -0.1) is 0 Å². The van der Waals surface area contributed by atoms with Crippen molar-refractivity contribution >= 4 is 22.9 Å². The van der Waals surface area contributed by atoms with Crippen molar-refractivity contribution in [3.05, 3.63) is 50.0 Å². The highest BCUT2D eigenvalue weighted by molar-refractivity contribution is 7.07. The Hall–Kier alpha value is -1.30. The third-order valence-electron chi connectivity index (χ3n) is 3.22. The van der Waals surface area contributed by atoms with Crippen LogP contribution in [-0.2, 0) is 6.54 Å². The van der Waals surface area contributed by atoms with Crippen molar-refractivity contribution in [1.82, 2.24) is 9.47 Å². The van der Waals surface area contributed by atoms with E-state index in [2.05, 4.69) is 4.90 Å². The Morgan fingerprint density at radius 2 is 2.19 bits per heavy atom. The highest BCUT2D eigenvalue weighted by atomic mass is 35.5. The van der Waals surface area contributed by atoms with Gasteiger partial charge in [0.15, 0.2) is 0 Å². The molecule has 2 aromatic rings. The molecule has 4 nitrogen and oxygen atoms in total. The van der Waals surface area contributed by atoms with Crippen LogP contribution in [0, 0.1) is 6.92 Å². The Kier molecular flexibility index (Phi) is 5.85. The van der Waals surface area contributed by atoms with E-state index in [-0.39, 0.29) is 4.87 Å².